The van der Waals surface area contributed by atoms with E-state index >= 15 is 0 Å². The van der Waals surface area contributed by atoms with Gasteiger partial charge in [0.15, 0.2) is 0 Å². The molecule has 0 spiro atoms. The molecule has 4 N–H and O–H groups in total. The number of nitrogens with one attached hydrogen (secondary N) is 4. The van der Waals surface area contributed by atoms with Crippen molar-refractivity contribution in [2.75, 3.05) is 20.2 Å². The fraction of sp³-hybridized carbons (Fsp3) is 0.620. The summed E-state index contributed by atoms with van der Waals surface area (Å²) in [5.74, 6) is -3.98. The predicted octanol–water partition coefficient (Wildman–Crippen LogP) is 6.42. The number of hydrogen-bond donors (Lipinski definition) is 4. The molecule has 0 bridgehead atoms. The van der Waals surface area contributed by atoms with E-state index in [1.807, 2.05) is 69.3 Å². The fourth-order valence-electron chi connectivity index (χ4n) is 8.33. The van der Waals surface area contributed by atoms with E-state index in [0.29, 0.717) is 25.7 Å². The van der Waals surface area contributed by atoms with Gasteiger partial charge in [-0.3, -0.25) is 24.0 Å². The van der Waals surface area contributed by atoms with Crippen LogP contribution in [0.25, 0.3) is 0 Å². The largest absolute Gasteiger partial charge is 0.445 e. The van der Waals surface area contributed by atoms with Crippen LogP contribution >= 0.6 is 0 Å². The maximum atomic E-state index is 14.6. The maximum absolute atomic E-state index is 14.6. The van der Waals surface area contributed by atoms with E-state index in [1.54, 1.807) is 33.0 Å². The molecule has 0 unspecified atom stereocenters. The van der Waals surface area contributed by atoms with Crippen molar-refractivity contribution in [1.82, 2.24) is 26.2 Å². The Morgan fingerprint density at radius 2 is 1.49 bits per heavy atom. The second-order valence-corrected chi connectivity index (χ2v) is 18.2. The molecule has 2 aliphatic rings. The van der Waals surface area contributed by atoms with E-state index < -0.39 is 84.3 Å². The first-order valence-corrected chi connectivity index (χ1v) is 23.7. The monoisotopic (exact) mass is 903 g/mol. The zero-order valence-corrected chi connectivity index (χ0v) is 39.6. The number of carbonyl (C=O) groups is 6. The summed E-state index contributed by atoms with van der Waals surface area (Å²) in [6.45, 7) is 10.9. The number of unbranched alkanes of at least 4 members (excludes halogenated alkanes) is 3. The highest BCUT2D eigenvalue weighted by Gasteiger charge is 2.39. The highest BCUT2D eigenvalue weighted by Crippen LogP contribution is 2.28. The zero-order chi connectivity index (χ0) is 47.3. The lowest BCUT2D eigenvalue weighted by atomic mass is 9.83. The van der Waals surface area contributed by atoms with E-state index in [4.69, 9.17) is 14.2 Å². The molecule has 2 aromatic rings. The number of likely N-dealkylation sites (N-methyl/N-ethyl adjacent to an activating group) is 1. The van der Waals surface area contributed by atoms with Gasteiger partial charge >= 0.3 is 6.09 Å². The van der Waals surface area contributed by atoms with Crippen LogP contribution in [0, 0.1) is 17.8 Å². The highest BCUT2D eigenvalue weighted by atomic mass is 16.5. The van der Waals surface area contributed by atoms with Crippen molar-refractivity contribution >= 4 is 41.3 Å². The number of nitrogens with zero attached hydrogens (tertiary/aromatic N) is 2. The van der Waals surface area contributed by atoms with Crippen molar-refractivity contribution in [3.63, 3.8) is 0 Å². The molecular formula is C50H74N6O9. The van der Waals surface area contributed by atoms with Gasteiger partial charge in [0.2, 0.25) is 17.7 Å². The van der Waals surface area contributed by atoms with Gasteiger partial charge in [0, 0.05) is 13.1 Å². The van der Waals surface area contributed by atoms with Gasteiger partial charge in [0.25, 0.3) is 11.8 Å². The van der Waals surface area contributed by atoms with Crippen molar-refractivity contribution in [3.05, 3.63) is 71.8 Å². The molecule has 1 aliphatic heterocycles. The van der Waals surface area contributed by atoms with Crippen LogP contribution in [0.5, 0.6) is 0 Å². The van der Waals surface area contributed by atoms with E-state index in [9.17, 15) is 28.8 Å². The lowest BCUT2D eigenvalue weighted by Gasteiger charge is -2.35. The summed E-state index contributed by atoms with van der Waals surface area (Å²) in [6.07, 6.45) is 6.40. The molecule has 1 heterocycles. The minimum absolute atomic E-state index is 0.0142. The van der Waals surface area contributed by atoms with Crippen LogP contribution in [0.15, 0.2) is 65.7 Å². The minimum Gasteiger partial charge on any atom is -0.445 e. The Kier molecular flexibility index (Phi) is 22.1. The molecule has 6 amide bonds. The Morgan fingerprint density at radius 1 is 0.846 bits per heavy atom. The normalized spacial score (nSPS) is 25.0. The Labute approximate surface area is 386 Å². The van der Waals surface area contributed by atoms with Gasteiger partial charge in [-0.15, -0.1) is 0 Å². The van der Waals surface area contributed by atoms with Gasteiger partial charge < -0.3 is 40.4 Å². The van der Waals surface area contributed by atoms with E-state index in [-0.39, 0.29) is 37.6 Å². The van der Waals surface area contributed by atoms with Crippen LogP contribution in [-0.2, 0) is 51.4 Å². The third-order valence-electron chi connectivity index (χ3n) is 12.3. The van der Waals surface area contributed by atoms with Crippen LogP contribution in [0.2, 0.25) is 0 Å². The third kappa shape index (κ3) is 17.3. The number of ether oxygens (including phenoxy) is 3. The molecule has 15 heteroatoms. The zero-order valence-electron chi connectivity index (χ0n) is 39.6. The molecule has 358 valence electrons. The fourth-order valence-corrected chi connectivity index (χ4v) is 8.33. The van der Waals surface area contributed by atoms with Crippen molar-refractivity contribution in [2.45, 2.75) is 162 Å². The molecule has 7 atom stereocenters. The lowest BCUT2D eigenvalue weighted by Crippen LogP contribution is -2.57. The molecule has 65 heavy (non-hydrogen) atoms. The average Bonchev–Trinajstić information content (AvgIpc) is 3.30. The van der Waals surface area contributed by atoms with Crippen molar-refractivity contribution in [3.8, 4) is 0 Å². The topological polar surface area (TPSA) is 194 Å². The van der Waals surface area contributed by atoms with Crippen molar-refractivity contribution in [1.29, 1.82) is 0 Å². The third-order valence-corrected chi connectivity index (χ3v) is 12.3. The van der Waals surface area contributed by atoms with Gasteiger partial charge in [-0.2, -0.15) is 0 Å². The molecule has 1 fully saturated rings. The summed E-state index contributed by atoms with van der Waals surface area (Å²) in [5.41, 5.74) is 1.18. The summed E-state index contributed by atoms with van der Waals surface area (Å²) in [4.78, 5) is 91.1. The van der Waals surface area contributed by atoms with E-state index in [1.165, 1.54) is 4.90 Å². The van der Waals surface area contributed by atoms with Crippen molar-refractivity contribution < 1.29 is 43.0 Å². The van der Waals surface area contributed by atoms with Crippen molar-refractivity contribution in [2.24, 2.45) is 22.7 Å². The maximum Gasteiger partial charge on any atom is 0.407 e. The summed E-state index contributed by atoms with van der Waals surface area (Å²) >= 11 is 0. The summed E-state index contributed by atoms with van der Waals surface area (Å²) in [5, 5.41) is 11.3. The Hall–Kier alpha value is -5.15. The van der Waals surface area contributed by atoms with Crippen LogP contribution in [0.4, 0.5) is 4.79 Å². The number of rotatable bonds is 16. The van der Waals surface area contributed by atoms with Crippen LogP contribution < -0.4 is 21.3 Å². The molecule has 1 aliphatic carbocycles. The first-order chi connectivity index (χ1) is 31.2. The predicted molar refractivity (Wildman–Crippen MR) is 249 cm³/mol. The Bertz CT molecular complexity index is 1860. The van der Waals surface area contributed by atoms with Crippen LogP contribution in [0.3, 0.4) is 0 Å². The standard InChI is InChI=1S/C50H74N6O9/c1-8-9-10-20-27-42-35(5)49(61)56(7)41(28-33(2)3)46(58)55-44(39-25-18-13-19-26-39)48(60)53-40(29-51-50(62)65-32-38-23-16-12-17-24-38)45(57)54-43(47(59)52-34(4)30-64-42)36(6)63-31-37-21-14-11-15-22-37/h11-12,14-17,21-24,33-36,39,41-44H,8-10,13,18-20,25-32H2,1-7H3,(H,51,62)(H,52,59)(H,54,57)(H,55,58)/b53-40-/t34-,35-,36+,41+,42-,43+,44+/m1/s1. The summed E-state index contributed by atoms with van der Waals surface area (Å²) < 4.78 is 18.0. The van der Waals surface area contributed by atoms with Gasteiger partial charge in [0.05, 0.1) is 37.9 Å². The average molecular weight is 903 g/mol. The molecule has 0 radical (unpaired) electrons. The molecule has 1 saturated carbocycles. The molecule has 15 nitrogen and oxygen atoms in total. The van der Waals surface area contributed by atoms with Crippen LogP contribution in [-0.4, -0.2) is 103 Å². The Balaban J connectivity index is 1.76. The van der Waals surface area contributed by atoms with Gasteiger partial charge in [-0.05, 0) is 62.5 Å². The number of carbonyl (C=O) groups excluding carboxylic acids is 6. The molecule has 2 aromatic carbocycles. The molecule has 0 saturated heterocycles. The highest BCUT2D eigenvalue weighted by molar-refractivity contribution is 6.42. The Morgan fingerprint density at radius 3 is 2.12 bits per heavy atom. The van der Waals surface area contributed by atoms with E-state index in [2.05, 4.69) is 33.2 Å². The molecular weight excluding hydrogens is 829 g/mol. The molecule has 4 rings (SSSR count). The number of benzene rings is 2. The SMILES string of the molecule is CCCCCC[C@H]1OC[C@@H](C)NC(=O)[C@H]([C@H](C)OCc2ccccc2)NC(=O)/C(CNC(=O)OCc2ccccc2)=N\C(=O)[C@H](C2CCCCC2)NC(=O)[C@H](CC(C)C)N(C)C(=O)[C@@H]1C. The smallest absolute Gasteiger partial charge is 0.407 e. The lowest BCUT2D eigenvalue weighted by molar-refractivity contribution is -0.147. The van der Waals surface area contributed by atoms with Gasteiger partial charge in [-0.1, -0.05) is 133 Å². The quantitative estimate of drug-likeness (QED) is 0.138. The van der Waals surface area contributed by atoms with Gasteiger partial charge in [0.1, 0.15) is 30.4 Å². The van der Waals surface area contributed by atoms with Crippen LogP contribution in [0.1, 0.15) is 123 Å². The summed E-state index contributed by atoms with van der Waals surface area (Å²) in [6, 6.07) is 14.5. The van der Waals surface area contributed by atoms with E-state index in [0.717, 1.165) is 56.1 Å². The summed E-state index contributed by atoms with van der Waals surface area (Å²) in [7, 11) is 1.62. The number of hydrogen-bond acceptors (Lipinski definition) is 9. The molecule has 0 aromatic heterocycles. The number of aliphatic imine (C=N–C) groups is 1. The number of alkyl carbamates (subject to hydrolysis) is 1. The first-order valence-electron chi connectivity index (χ1n) is 23.7. The second kappa shape index (κ2) is 27.4. The first kappa shape index (κ1) is 52.5. The number of amides is 6. The van der Waals surface area contributed by atoms with Gasteiger partial charge in [-0.25, -0.2) is 9.79 Å². The minimum atomic E-state index is -1.30. The second-order valence-electron chi connectivity index (χ2n) is 18.2.